The minimum Gasteiger partial charge on any atom is -0.481 e. The second-order valence-electron chi connectivity index (χ2n) is 5.38. The first-order valence-corrected chi connectivity index (χ1v) is 9.51. The number of aromatic nitrogens is 2. The number of hydrogen-bond acceptors (Lipinski definition) is 7. The van der Waals surface area contributed by atoms with Crippen LogP contribution >= 0.6 is 0 Å². The molecule has 0 bridgehead atoms. The second kappa shape index (κ2) is 8.42. The van der Waals surface area contributed by atoms with Gasteiger partial charge in [0, 0.05) is 45.0 Å². The highest BCUT2D eigenvalue weighted by atomic mass is 32.2. The minimum absolute atomic E-state index is 0.119. The fourth-order valence-electron chi connectivity index (χ4n) is 2.45. The van der Waals surface area contributed by atoms with Crippen molar-refractivity contribution in [1.82, 2.24) is 19.6 Å². The lowest BCUT2D eigenvalue weighted by atomic mass is 10.4. The maximum Gasteiger partial charge on any atom is 0.228 e. The third-order valence-electron chi connectivity index (χ3n) is 3.83. The molecule has 1 fully saturated rings. The van der Waals surface area contributed by atoms with Crippen LogP contribution in [-0.4, -0.2) is 75.4 Å². The predicted molar refractivity (Wildman–Crippen MR) is 89.3 cm³/mol. The van der Waals surface area contributed by atoms with Gasteiger partial charge in [-0.1, -0.05) is 0 Å². The van der Waals surface area contributed by atoms with Gasteiger partial charge in [-0.3, -0.25) is 0 Å². The monoisotopic (exact) mass is 343 g/mol. The molecule has 2 heterocycles. The Labute approximate surface area is 137 Å². The van der Waals surface area contributed by atoms with E-state index < -0.39 is 10.0 Å². The predicted octanol–water partition coefficient (Wildman–Crippen LogP) is -0.0634. The molecule has 0 amide bonds. The molecule has 0 saturated carbocycles. The van der Waals surface area contributed by atoms with Crippen molar-refractivity contribution >= 4 is 16.0 Å². The van der Waals surface area contributed by atoms with Gasteiger partial charge in [0.05, 0.1) is 12.9 Å². The van der Waals surface area contributed by atoms with Crippen molar-refractivity contribution in [3.63, 3.8) is 0 Å². The Balaban J connectivity index is 1.84. The summed E-state index contributed by atoms with van der Waals surface area (Å²) >= 11 is 0. The Kier molecular flexibility index (Phi) is 6.55. The molecule has 0 aliphatic carbocycles. The Morgan fingerprint density at radius 2 is 2.13 bits per heavy atom. The van der Waals surface area contributed by atoms with Crippen LogP contribution in [0.15, 0.2) is 12.3 Å². The third kappa shape index (κ3) is 5.60. The number of sulfonamides is 1. The smallest absolute Gasteiger partial charge is 0.228 e. The molecule has 0 atom stereocenters. The number of hydrogen-bond donors (Lipinski definition) is 1. The molecule has 1 aromatic rings. The van der Waals surface area contributed by atoms with Gasteiger partial charge in [-0.25, -0.2) is 18.1 Å². The van der Waals surface area contributed by atoms with E-state index in [2.05, 4.69) is 24.5 Å². The van der Waals surface area contributed by atoms with Gasteiger partial charge in [0.15, 0.2) is 0 Å². The fourth-order valence-corrected chi connectivity index (χ4v) is 3.06. The van der Waals surface area contributed by atoms with E-state index in [1.54, 1.807) is 26.3 Å². The lowest BCUT2D eigenvalue weighted by Crippen LogP contribution is -2.37. The molecule has 0 aromatic carbocycles. The van der Waals surface area contributed by atoms with E-state index in [1.165, 1.54) is 0 Å². The number of rotatable bonds is 7. The zero-order chi connectivity index (χ0) is 16.7. The molecule has 0 radical (unpaired) electrons. The van der Waals surface area contributed by atoms with Gasteiger partial charge in [0.2, 0.25) is 21.9 Å². The van der Waals surface area contributed by atoms with Gasteiger partial charge >= 0.3 is 0 Å². The number of methoxy groups -OCH3 is 1. The van der Waals surface area contributed by atoms with Crippen molar-refractivity contribution in [3.8, 4) is 5.88 Å². The summed E-state index contributed by atoms with van der Waals surface area (Å²) in [6.45, 7) is 6.29. The van der Waals surface area contributed by atoms with E-state index in [0.29, 0.717) is 24.9 Å². The van der Waals surface area contributed by atoms with Crippen LogP contribution in [0.5, 0.6) is 5.88 Å². The van der Waals surface area contributed by atoms with Crippen LogP contribution in [0.25, 0.3) is 0 Å². The highest BCUT2D eigenvalue weighted by Crippen LogP contribution is 2.14. The zero-order valence-electron chi connectivity index (χ0n) is 13.7. The molecule has 0 spiro atoms. The standard InChI is InChI=1S/C14H25N5O3S/c1-3-23(20,21)16-7-10-18-8-4-9-19(12-11-18)14-15-6-5-13(17-14)22-2/h5-6,16H,3-4,7-12H2,1-2H3. The van der Waals surface area contributed by atoms with Crippen LogP contribution in [0.1, 0.15) is 13.3 Å². The molecule has 1 aromatic heterocycles. The highest BCUT2D eigenvalue weighted by molar-refractivity contribution is 7.89. The average Bonchev–Trinajstić information content (AvgIpc) is 2.80. The van der Waals surface area contributed by atoms with Gasteiger partial charge in [0.1, 0.15) is 0 Å². The normalized spacial score (nSPS) is 17.0. The molecule has 1 aliphatic heterocycles. The molecule has 2 rings (SSSR count). The van der Waals surface area contributed by atoms with Crippen LogP contribution in [0, 0.1) is 0 Å². The van der Waals surface area contributed by atoms with Crippen molar-refractivity contribution < 1.29 is 13.2 Å². The molecular formula is C14H25N5O3S. The lowest BCUT2D eigenvalue weighted by Gasteiger charge is -2.22. The SMILES string of the molecule is CCS(=O)(=O)NCCN1CCCN(c2nccc(OC)n2)CC1. The van der Waals surface area contributed by atoms with Crippen molar-refractivity contribution in [2.24, 2.45) is 0 Å². The van der Waals surface area contributed by atoms with Crippen LogP contribution in [-0.2, 0) is 10.0 Å². The maximum absolute atomic E-state index is 11.4. The summed E-state index contributed by atoms with van der Waals surface area (Å²) < 4.78 is 30.6. The van der Waals surface area contributed by atoms with Gasteiger partial charge in [-0.15, -0.1) is 0 Å². The zero-order valence-corrected chi connectivity index (χ0v) is 14.5. The van der Waals surface area contributed by atoms with E-state index in [-0.39, 0.29) is 5.75 Å². The van der Waals surface area contributed by atoms with Crippen LogP contribution in [0.2, 0.25) is 0 Å². The molecule has 130 valence electrons. The molecule has 1 N–H and O–H groups in total. The highest BCUT2D eigenvalue weighted by Gasteiger charge is 2.17. The molecular weight excluding hydrogens is 318 g/mol. The Hall–Kier alpha value is -1.45. The van der Waals surface area contributed by atoms with Crippen molar-refractivity contribution in [1.29, 1.82) is 0 Å². The summed E-state index contributed by atoms with van der Waals surface area (Å²) in [5, 5.41) is 0. The minimum atomic E-state index is -3.11. The van der Waals surface area contributed by atoms with E-state index in [0.717, 1.165) is 32.6 Å². The topological polar surface area (TPSA) is 87.7 Å². The molecule has 23 heavy (non-hydrogen) atoms. The Morgan fingerprint density at radius 1 is 1.30 bits per heavy atom. The summed E-state index contributed by atoms with van der Waals surface area (Å²) in [5.74, 6) is 1.36. The third-order valence-corrected chi connectivity index (χ3v) is 5.23. The summed E-state index contributed by atoms with van der Waals surface area (Å²) in [7, 11) is -1.52. The van der Waals surface area contributed by atoms with Gasteiger partial charge in [-0.05, 0) is 19.9 Å². The lowest BCUT2D eigenvalue weighted by molar-refractivity contribution is 0.298. The number of nitrogens with one attached hydrogen (secondary N) is 1. The number of anilines is 1. The van der Waals surface area contributed by atoms with Gasteiger partial charge in [0.25, 0.3) is 0 Å². The summed E-state index contributed by atoms with van der Waals surface area (Å²) in [6, 6.07) is 1.73. The molecule has 9 heteroatoms. The summed E-state index contributed by atoms with van der Waals surface area (Å²) in [6.07, 6.45) is 2.68. The molecule has 1 aliphatic rings. The number of ether oxygens (including phenoxy) is 1. The van der Waals surface area contributed by atoms with Crippen molar-refractivity contribution in [2.75, 3.05) is 57.0 Å². The first-order chi connectivity index (χ1) is 11.0. The van der Waals surface area contributed by atoms with Crippen molar-refractivity contribution in [2.45, 2.75) is 13.3 Å². The summed E-state index contributed by atoms with van der Waals surface area (Å²) in [4.78, 5) is 13.1. The second-order valence-corrected chi connectivity index (χ2v) is 7.47. The first-order valence-electron chi connectivity index (χ1n) is 7.85. The van der Waals surface area contributed by atoms with Crippen LogP contribution in [0.4, 0.5) is 5.95 Å². The maximum atomic E-state index is 11.4. The molecule has 0 unspecified atom stereocenters. The van der Waals surface area contributed by atoms with E-state index in [9.17, 15) is 8.42 Å². The van der Waals surface area contributed by atoms with Crippen molar-refractivity contribution in [3.05, 3.63) is 12.3 Å². The molecule has 1 saturated heterocycles. The van der Waals surface area contributed by atoms with Gasteiger partial charge < -0.3 is 14.5 Å². The summed E-state index contributed by atoms with van der Waals surface area (Å²) in [5.41, 5.74) is 0. The Bertz CT molecular complexity index is 596. The van der Waals surface area contributed by atoms with E-state index in [1.807, 2.05) is 0 Å². The quantitative estimate of drug-likeness (QED) is 0.742. The van der Waals surface area contributed by atoms with Gasteiger partial charge in [-0.2, -0.15) is 4.98 Å². The Morgan fingerprint density at radius 3 is 2.87 bits per heavy atom. The first kappa shape index (κ1) is 17.9. The van der Waals surface area contributed by atoms with E-state index in [4.69, 9.17) is 4.74 Å². The van der Waals surface area contributed by atoms with Crippen LogP contribution < -0.4 is 14.4 Å². The van der Waals surface area contributed by atoms with E-state index >= 15 is 0 Å². The number of nitrogens with zero attached hydrogens (tertiary/aromatic N) is 4. The fraction of sp³-hybridized carbons (Fsp3) is 0.714. The largest absolute Gasteiger partial charge is 0.481 e. The average molecular weight is 343 g/mol. The van der Waals surface area contributed by atoms with Crippen LogP contribution in [0.3, 0.4) is 0 Å². The molecule has 8 nitrogen and oxygen atoms in total.